The lowest BCUT2D eigenvalue weighted by Crippen LogP contribution is -2.51. The van der Waals surface area contributed by atoms with Crippen molar-refractivity contribution in [2.24, 2.45) is 0 Å². The van der Waals surface area contributed by atoms with Crippen LogP contribution in [0.3, 0.4) is 0 Å². The molecule has 1 aromatic heterocycles. The van der Waals surface area contributed by atoms with Gasteiger partial charge in [0.15, 0.2) is 10.9 Å². The fourth-order valence-electron chi connectivity index (χ4n) is 2.61. The highest BCUT2D eigenvalue weighted by Gasteiger charge is 2.31. The average Bonchev–Trinajstić information content (AvgIpc) is 3.16. The third-order valence-electron chi connectivity index (χ3n) is 3.93. The number of benzene rings is 1. The topological polar surface area (TPSA) is 58.0 Å². The van der Waals surface area contributed by atoms with Gasteiger partial charge in [-0.1, -0.05) is 0 Å². The number of thiocarbonyl (C=S) groups is 1. The summed E-state index contributed by atoms with van der Waals surface area (Å²) in [5, 5.41) is 3.41. The van der Waals surface area contributed by atoms with E-state index in [1.807, 2.05) is 4.90 Å². The molecule has 6 nitrogen and oxygen atoms in total. The molecule has 1 saturated heterocycles. The Morgan fingerprint density at radius 2 is 1.70 bits per heavy atom. The van der Waals surface area contributed by atoms with Gasteiger partial charge in [0, 0.05) is 31.9 Å². The van der Waals surface area contributed by atoms with E-state index in [1.54, 1.807) is 17.0 Å². The number of ether oxygens (including phenoxy) is 1. The van der Waals surface area contributed by atoms with Crippen molar-refractivity contribution in [3.63, 3.8) is 0 Å². The molecule has 1 aromatic carbocycles. The summed E-state index contributed by atoms with van der Waals surface area (Å²) in [7, 11) is 0. The first-order chi connectivity index (χ1) is 12.8. The molecule has 0 atom stereocenters. The first-order valence-corrected chi connectivity index (χ1v) is 8.47. The Bertz CT molecular complexity index is 786. The summed E-state index contributed by atoms with van der Waals surface area (Å²) < 4.78 is 45.5. The monoisotopic (exact) mass is 399 g/mol. The third-order valence-corrected chi connectivity index (χ3v) is 4.29. The van der Waals surface area contributed by atoms with Crippen LogP contribution in [0.25, 0.3) is 0 Å². The standard InChI is InChI=1S/C17H16F3N3O3S/c18-17(19,20)26-13-5-3-12(4-6-13)21-16(27)23-9-7-22(8-10-23)15(24)14-2-1-11-25-14/h1-6,11H,7-10H2,(H,21,27). The molecule has 1 amide bonds. The molecule has 144 valence electrons. The minimum atomic E-state index is -4.73. The molecule has 0 bridgehead atoms. The summed E-state index contributed by atoms with van der Waals surface area (Å²) in [6, 6.07) is 8.59. The van der Waals surface area contributed by atoms with Gasteiger partial charge in [0.05, 0.1) is 6.26 Å². The number of furan rings is 1. The molecule has 0 spiro atoms. The van der Waals surface area contributed by atoms with Crippen molar-refractivity contribution in [3.8, 4) is 5.75 Å². The lowest BCUT2D eigenvalue weighted by atomic mass is 10.3. The maximum absolute atomic E-state index is 12.2. The molecular formula is C17H16F3N3O3S. The van der Waals surface area contributed by atoms with Gasteiger partial charge in [-0.3, -0.25) is 4.79 Å². The molecule has 0 radical (unpaired) electrons. The maximum Gasteiger partial charge on any atom is 0.573 e. The van der Waals surface area contributed by atoms with E-state index in [-0.39, 0.29) is 11.7 Å². The fourth-order valence-corrected chi connectivity index (χ4v) is 2.91. The molecule has 3 rings (SSSR count). The maximum atomic E-state index is 12.2. The normalized spacial score (nSPS) is 14.8. The number of carbonyl (C=O) groups is 1. The number of alkyl halides is 3. The lowest BCUT2D eigenvalue weighted by Gasteiger charge is -2.35. The highest BCUT2D eigenvalue weighted by Crippen LogP contribution is 2.24. The second-order valence-electron chi connectivity index (χ2n) is 5.76. The van der Waals surface area contributed by atoms with Crippen LogP contribution < -0.4 is 10.1 Å². The van der Waals surface area contributed by atoms with E-state index >= 15 is 0 Å². The van der Waals surface area contributed by atoms with Crippen LogP contribution in [0.15, 0.2) is 47.1 Å². The minimum absolute atomic E-state index is 0.168. The summed E-state index contributed by atoms with van der Waals surface area (Å²) in [5.74, 6) is -0.173. The number of piperazine rings is 1. The Labute approximate surface area is 158 Å². The Hall–Kier alpha value is -2.75. The van der Waals surface area contributed by atoms with Gasteiger partial charge in [0.1, 0.15) is 5.75 Å². The van der Waals surface area contributed by atoms with Crippen molar-refractivity contribution in [2.45, 2.75) is 6.36 Å². The number of halogens is 3. The SMILES string of the molecule is O=C(c1ccco1)N1CCN(C(=S)Nc2ccc(OC(F)(F)F)cc2)CC1. The Morgan fingerprint density at radius 1 is 1.07 bits per heavy atom. The fraction of sp³-hybridized carbons (Fsp3) is 0.294. The summed E-state index contributed by atoms with van der Waals surface area (Å²) >= 11 is 5.34. The highest BCUT2D eigenvalue weighted by molar-refractivity contribution is 7.80. The number of nitrogens with zero attached hydrogens (tertiary/aromatic N) is 2. The van der Waals surface area contributed by atoms with Gasteiger partial charge in [-0.05, 0) is 48.6 Å². The summed E-state index contributed by atoms with van der Waals surface area (Å²) in [5.41, 5.74) is 0.545. The van der Waals surface area contributed by atoms with Crippen LogP contribution in [0.1, 0.15) is 10.6 Å². The summed E-state index contributed by atoms with van der Waals surface area (Å²) in [4.78, 5) is 15.8. The molecule has 1 aliphatic heterocycles. The van der Waals surface area contributed by atoms with Gasteiger partial charge in [0.25, 0.3) is 5.91 Å². The number of nitrogens with one attached hydrogen (secondary N) is 1. The molecule has 0 saturated carbocycles. The Kier molecular flexibility index (Phi) is 5.54. The Morgan fingerprint density at radius 3 is 2.26 bits per heavy atom. The zero-order valence-corrected chi connectivity index (χ0v) is 14.8. The van der Waals surface area contributed by atoms with Crippen molar-refractivity contribution in [1.82, 2.24) is 9.80 Å². The largest absolute Gasteiger partial charge is 0.573 e. The van der Waals surface area contributed by atoms with Crippen LogP contribution >= 0.6 is 12.2 Å². The number of hydrogen-bond acceptors (Lipinski definition) is 4. The van der Waals surface area contributed by atoms with E-state index in [0.29, 0.717) is 42.7 Å². The molecule has 1 fully saturated rings. The number of carbonyl (C=O) groups excluding carboxylic acids is 1. The predicted molar refractivity (Wildman–Crippen MR) is 95.5 cm³/mol. The molecule has 0 unspecified atom stereocenters. The highest BCUT2D eigenvalue weighted by atomic mass is 32.1. The van der Waals surface area contributed by atoms with Crippen molar-refractivity contribution in [1.29, 1.82) is 0 Å². The van der Waals surface area contributed by atoms with Gasteiger partial charge < -0.3 is 24.3 Å². The second-order valence-corrected chi connectivity index (χ2v) is 6.15. The molecule has 10 heteroatoms. The third kappa shape index (κ3) is 5.13. The smallest absolute Gasteiger partial charge is 0.459 e. The van der Waals surface area contributed by atoms with E-state index < -0.39 is 6.36 Å². The van der Waals surface area contributed by atoms with Crippen LogP contribution in [0.2, 0.25) is 0 Å². The number of hydrogen-bond donors (Lipinski definition) is 1. The van der Waals surface area contributed by atoms with Crippen LogP contribution in [-0.2, 0) is 0 Å². The van der Waals surface area contributed by atoms with E-state index in [4.69, 9.17) is 16.6 Å². The zero-order chi connectivity index (χ0) is 19.4. The average molecular weight is 399 g/mol. The molecule has 2 aromatic rings. The van der Waals surface area contributed by atoms with Gasteiger partial charge in [-0.25, -0.2) is 0 Å². The minimum Gasteiger partial charge on any atom is -0.459 e. The van der Waals surface area contributed by atoms with Crippen molar-refractivity contribution in [2.75, 3.05) is 31.5 Å². The molecule has 27 heavy (non-hydrogen) atoms. The van der Waals surface area contributed by atoms with Crippen LogP contribution in [0.5, 0.6) is 5.75 Å². The summed E-state index contributed by atoms with van der Waals surface area (Å²) in [6.45, 7) is 2.04. The zero-order valence-electron chi connectivity index (χ0n) is 14.0. The second kappa shape index (κ2) is 7.87. The molecule has 0 aliphatic carbocycles. The predicted octanol–water partition coefficient (Wildman–Crippen LogP) is 3.33. The lowest BCUT2D eigenvalue weighted by molar-refractivity contribution is -0.274. The van der Waals surface area contributed by atoms with Gasteiger partial charge in [-0.2, -0.15) is 0 Å². The van der Waals surface area contributed by atoms with Crippen molar-refractivity contribution < 1.29 is 27.1 Å². The summed E-state index contributed by atoms with van der Waals surface area (Å²) in [6.07, 6.45) is -3.27. The first kappa shape index (κ1) is 19.0. The molecule has 2 heterocycles. The number of amides is 1. The van der Waals surface area contributed by atoms with Gasteiger partial charge >= 0.3 is 6.36 Å². The van der Waals surface area contributed by atoms with Crippen molar-refractivity contribution >= 4 is 28.9 Å². The molecule has 1 aliphatic rings. The van der Waals surface area contributed by atoms with E-state index in [1.165, 1.54) is 30.5 Å². The molecular weight excluding hydrogens is 383 g/mol. The van der Waals surface area contributed by atoms with Crippen molar-refractivity contribution in [3.05, 3.63) is 48.4 Å². The van der Waals surface area contributed by atoms with Gasteiger partial charge in [-0.15, -0.1) is 13.2 Å². The Balaban J connectivity index is 1.50. The first-order valence-electron chi connectivity index (χ1n) is 8.06. The van der Waals surface area contributed by atoms with E-state index in [0.717, 1.165) is 0 Å². The number of anilines is 1. The van der Waals surface area contributed by atoms with Gasteiger partial charge in [0.2, 0.25) is 0 Å². The van der Waals surface area contributed by atoms with E-state index in [9.17, 15) is 18.0 Å². The van der Waals surface area contributed by atoms with Crippen LogP contribution in [-0.4, -0.2) is 53.4 Å². The van der Waals surface area contributed by atoms with Crippen LogP contribution in [0, 0.1) is 0 Å². The quantitative estimate of drug-likeness (QED) is 0.799. The van der Waals surface area contributed by atoms with Crippen LogP contribution in [0.4, 0.5) is 18.9 Å². The molecule has 1 N–H and O–H groups in total. The van der Waals surface area contributed by atoms with E-state index in [2.05, 4.69) is 10.1 Å². The number of rotatable bonds is 3.